The number of benzene rings is 1. The van der Waals surface area contributed by atoms with Gasteiger partial charge in [-0.05, 0) is 18.7 Å². The smallest absolute Gasteiger partial charge is 0.223 e. The Kier molecular flexibility index (Phi) is 5.33. The molecule has 0 fully saturated rings. The SMILES string of the molecule is CNC(=O)[C@H](C)CN(C)Cc1ccccc1-c1ccnn1C. The van der Waals surface area contributed by atoms with E-state index in [1.165, 1.54) is 11.1 Å². The molecule has 0 spiro atoms. The van der Waals surface area contributed by atoms with E-state index in [0.717, 1.165) is 18.8 Å². The van der Waals surface area contributed by atoms with Crippen LogP contribution in [0.5, 0.6) is 0 Å². The molecule has 0 radical (unpaired) electrons. The van der Waals surface area contributed by atoms with E-state index in [1.807, 2.05) is 50.1 Å². The Morgan fingerprint density at radius 1 is 1.36 bits per heavy atom. The molecule has 1 aromatic heterocycles. The van der Waals surface area contributed by atoms with Gasteiger partial charge in [-0.2, -0.15) is 5.10 Å². The van der Waals surface area contributed by atoms with Crippen LogP contribution in [0.3, 0.4) is 0 Å². The summed E-state index contributed by atoms with van der Waals surface area (Å²) in [4.78, 5) is 13.8. The van der Waals surface area contributed by atoms with Crippen molar-refractivity contribution in [2.45, 2.75) is 13.5 Å². The second-order valence-electron chi connectivity index (χ2n) is 5.71. The van der Waals surface area contributed by atoms with Gasteiger partial charge in [-0.1, -0.05) is 31.2 Å². The normalized spacial score (nSPS) is 12.4. The summed E-state index contributed by atoms with van der Waals surface area (Å²) in [5.74, 6) is 0.0469. The zero-order valence-corrected chi connectivity index (χ0v) is 13.7. The number of hydrogen-bond acceptors (Lipinski definition) is 3. The maximum absolute atomic E-state index is 11.6. The van der Waals surface area contributed by atoms with E-state index in [1.54, 1.807) is 7.05 Å². The molecule has 0 aliphatic rings. The quantitative estimate of drug-likeness (QED) is 0.886. The molecule has 22 heavy (non-hydrogen) atoms. The minimum atomic E-state index is -0.0288. The molecule has 0 aliphatic heterocycles. The van der Waals surface area contributed by atoms with E-state index in [4.69, 9.17) is 0 Å². The highest BCUT2D eigenvalue weighted by Gasteiger charge is 2.15. The van der Waals surface area contributed by atoms with Crippen molar-refractivity contribution < 1.29 is 4.79 Å². The predicted octanol–water partition coefficient (Wildman–Crippen LogP) is 1.90. The summed E-state index contributed by atoms with van der Waals surface area (Å²) in [5, 5.41) is 6.94. The fourth-order valence-electron chi connectivity index (χ4n) is 2.70. The molecule has 0 saturated heterocycles. The molecule has 0 aliphatic carbocycles. The Hall–Kier alpha value is -2.14. The van der Waals surface area contributed by atoms with Crippen molar-refractivity contribution in [1.82, 2.24) is 20.0 Å². The molecule has 1 heterocycles. The van der Waals surface area contributed by atoms with Gasteiger partial charge in [0.15, 0.2) is 0 Å². The summed E-state index contributed by atoms with van der Waals surface area (Å²) < 4.78 is 1.88. The summed E-state index contributed by atoms with van der Waals surface area (Å²) in [6.07, 6.45) is 1.81. The van der Waals surface area contributed by atoms with Crippen molar-refractivity contribution in [1.29, 1.82) is 0 Å². The Balaban J connectivity index is 2.14. The maximum atomic E-state index is 11.6. The van der Waals surface area contributed by atoms with Crippen LogP contribution >= 0.6 is 0 Å². The van der Waals surface area contributed by atoms with Crippen LogP contribution in [-0.2, 0) is 18.4 Å². The first-order valence-electron chi connectivity index (χ1n) is 7.49. The number of carbonyl (C=O) groups excluding carboxylic acids is 1. The van der Waals surface area contributed by atoms with Crippen LogP contribution in [0.1, 0.15) is 12.5 Å². The number of aryl methyl sites for hydroxylation is 1. The van der Waals surface area contributed by atoms with Crippen LogP contribution in [0.2, 0.25) is 0 Å². The van der Waals surface area contributed by atoms with E-state index < -0.39 is 0 Å². The molecule has 5 nitrogen and oxygen atoms in total. The predicted molar refractivity (Wildman–Crippen MR) is 88.2 cm³/mol. The number of amides is 1. The van der Waals surface area contributed by atoms with Gasteiger partial charge in [0.2, 0.25) is 5.91 Å². The Bertz CT molecular complexity index is 635. The summed E-state index contributed by atoms with van der Waals surface area (Å²) in [7, 11) is 5.67. The number of carbonyl (C=O) groups is 1. The fraction of sp³-hybridized carbons (Fsp3) is 0.412. The minimum Gasteiger partial charge on any atom is -0.359 e. The first kappa shape index (κ1) is 16.2. The van der Waals surface area contributed by atoms with Gasteiger partial charge in [0.05, 0.1) is 5.69 Å². The molecule has 0 unspecified atom stereocenters. The van der Waals surface area contributed by atoms with E-state index in [2.05, 4.69) is 27.4 Å². The van der Waals surface area contributed by atoms with Crippen molar-refractivity contribution >= 4 is 5.91 Å². The first-order chi connectivity index (χ1) is 10.5. The Morgan fingerprint density at radius 3 is 2.73 bits per heavy atom. The van der Waals surface area contributed by atoms with Crippen molar-refractivity contribution in [2.24, 2.45) is 13.0 Å². The first-order valence-corrected chi connectivity index (χ1v) is 7.49. The summed E-state index contributed by atoms with van der Waals surface area (Å²) in [6, 6.07) is 10.3. The van der Waals surface area contributed by atoms with Crippen LogP contribution in [0.25, 0.3) is 11.3 Å². The lowest BCUT2D eigenvalue weighted by atomic mass is 10.0. The molecule has 1 N–H and O–H groups in total. The van der Waals surface area contributed by atoms with Crippen molar-refractivity contribution in [3.8, 4) is 11.3 Å². The molecule has 1 atom stereocenters. The van der Waals surface area contributed by atoms with Gasteiger partial charge in [-0.3, -0.25) is 9.48 Å². The van der Waals surface area contributed by atoms with Gasteiger partial charge in [0.1, 0.15) is 0 Å². The van der Waals surface area contributed by atoms with Crippen LogP contribution < -0.4 is 5.32 Å². The number of aromatic nitrogens is 2. The maximum Gasteiger partial charge on any atom is 0.223 e. The second-order valence-corrected chi connectivity index (χ2v) is 5.71. The Labute approximate surface area is 131 Å². The molecule has 0 saturated carbocycles. The van der Waals surface area contributed by atoms with E-state index >= 15 is 0 Å². The zero-order chi connectivity index (χ0) is 16.1. The molecule has 5 heteroatoms. The largest absolute Gasteiger partial charge is 0.359 e. The average Bonchev–Trinajstić information content (AvgIpc) is 2.92. The van der Waals surface area contributed by atoms with Gasteiger partial charge >= 0.3 is 0 Å². The molecule has 118 valence electrons. The number of rotatable bonds is 6. The van der Waals surface area contributed by atoms with Gasteiger partial charge in [-0.15, -0.1) is 0 Å². The summed E-state index contributed by atoms with van der Waals surface area (Å²) >= 11 is 0. The monoisotopic (exact) mass is 300 g/mol. The van der Waals surface area contributed by atoms with E-state index in [-0.39, 0.29) is 11.8 Å². The van der Waals surface area contributed by atoms with Gasteiger partial charge in [-0.25, -0.2) is 0 Å². The summed E-state index contributed by atoms with van der Waals surface area (Å²) in [5.41, 5.74) is 3.52. The fourth-order valence-corrected chi connectivity index (χ4v) is 2.70. The second kappa shape index (κ2) is 7.22. The van der Waals surface area contributed by atoms with Crippen LogP contribution in [-0.4, -0.2) is 41.2 Å². The van der Waals surface area contributed by atoms with E-state index in [9.17, 15) is 4.79 Å². The van der Waals surface area contributed by atoms with Crippen molar-refractivity contribution in [3.63, 3.8) is 0 Å². The van der Waals surface area contributed by atoms with Gasteiger partial charge < -0.3 is 10.2 Å². The lowest BCUT2D eigenvalue weighted by Crippen LogP contribution is -2.34. The lowest BCUT2D eigenvalue weighted by molar-refractivity contribution is -0.124. The molecular weight excluding hydrogens is 276 g/mol. The molecule has 2 rings (SSSR count). The molecule has 1 amide bonds. The standard InChI is InChI=1S/C17H24N4O/c1-13(17(22)18-2)11-20(3)12-14-7-5-6-8-15(14)16-9-10-19-21(16)4/h5-10,13H,11-12H2,1-4H3,(H,18,22)/t13-/m1/s1. The zero-order valence-electron chi connectivity index (χ0n) is 13.7. The van der Waals surface area contributed by atoms with Crippen LogP contribution in [0.15, 0.2) is 36.5 Å². The average molecular weight is 300 g/mol. The van der Waals surface area contributed by atoms with Crippen molar-refractivity contribution in [2.75, 3.05) is 20.6 Å². The van der Waals surface area contributed by atoms with Gasteiger partial charge in [0.25, 0.3) is 0 Å². The van der Waals surface area contributed by atoms with Gasteiger partial charge in [0, 0.05) is 44.9 Å². The molecule has 0 bridgehead atoms. The topological polar surface area (TPSA) is 50.2 Å². The minimum absolute atomic E-state index is 0.0288. The summed E-state index contributed by atoms with van der Waals surface area (Å²) in [6.45, 7) is 3.46. The highest BCUT2D eigenvalue weighted by atomic mass is 16.1. The molecular formula is C17H24N4O. The number of nitrogens with zero attached hydrogens (tertiary/aromatic N) is 3. The third kappa shape index (κ3) is 3.74. The molecule has 2 aromatic rings. The third-order valence-electron chi connectivity index (χ3n) is 3.83. The van der Waals surface area contributed by atoms with E-state index in [0.29, 0.717) is 0 Å². The van der Waals surface area contributed by atoms with Crippen LogP contribution in [0.4, 0.5) is 0 Å². The molecule has 1 aromatic carbocycles. The van der Waals surface area contributed by atoms with Crippen LogP contribution in [0, 0.1) is 5.92 Å². The highest BCUT2D eigenvalue weighted by Crippen LogP contribution is 2.24. The number of nitrogens with one attached hydrogen (secondary N) is 1. The highest BCUT2D eigenvalue weighted by molar-refractivity contribution is 5.78. The van der Waals surface area contributed by atoms with Crippen molar-refractivity contribution in [3.05, 3.63) is 42.1 Å². The lowest BCUT2D eigenvalue weighted by Gasteiger charge is -2.22. The number of hydrogen-bond donors (Lipinski definition) is 1. The Morgan fingerprint density at radius 2 is 2.09 bits per heavy atom. The third-order valence-corrected chi connectivity index (χ3v) is 3.83.